The monoisotopic (exact) mass is 257 g/mol. The maximum absolute atomic E-state index is 4.33. The van der Waals surface area contributed by atoms with Gasteiger partial charge in [0.2, 0.25) is 0 Å². The molecule has 0 aliphatic rings. The van der Waals surface area contributed by atoms with E-state index in [-0.39, 0.29) is 0 Å². The number of benzene rings is 2. The molecule has 0 saturated heterocycles. The summed E-state index contributed by atoms with van der Waals surface area (Å²) in [6.45, 7) is 6.09. The second-order valence-electron chi connectivity index (χ2n) is 3.55. The quantitative estimate of drug-likeness (QED) is 0.547. The van der Waals surface area contributed by atoms with Crippen LogP contribution in [0.4, 0.5) is 0 Å². The lowest BCUT2D eigenvalue weighted by Gasteiger charge is -1.96. The Balaban J connectivity index is 0.000000771. The van der Waals surface area contributed by atoms with Gasteiger partial charge in [-0.25, -0.2) is 4.40 Å². The van der Waals surface area contributed by atoms with Gasteiger partial charge >= 0.3 is 0 Å². The molecule has 0 spiro atoms. The minimum absolute atomic E-state index is 1.13. The van der Waals surface area contributed by atoms with Crippen molar-refractivity contribution in [2.45, 2.75) is 25.7 Å². The lowest BCUT2D eigenvalue weighted by Crippen LogP contribution is -1.77. The highest BCUT2D eigenvalue weighted by atomic mass is 32.2. The zero-order valence-corrected chi connectivity index (χ0v) is 11.9. The molecule has 2 heteroatoms. The Bertz CT molecular complexity index is 460. The van der Waals surface area contributed by atoms with E-state index in [1.54, 1.807) is 0 Å². The van der Waals surface area contributed by atoms with Crippen molar-refractivity contribution in [2.75, 3.05) is 0 Å². The fourth-order valence-corrected chi connectivity index (χ4v) is 1.84. The predicted octanol–water partition coefficient (Wildman–Crippen LogP) is 5.15. The molecule has 0 amide bonds. The molecule has 18 heavy (non-hydrogen) atoms. The fourth-order valence-electron chi connectivity index (χ4n) is 1.29. The molecule has 0 fully saturated rings. The van der Waals surface area contributed by atoms with Crippen molar-refractivity contribution < 1.29 is 0 Å². The summed E-state index contributed by atoms with van der Waals surface area (Å²) in [6, 6.07) is 18.5. The molecule has 0 unspecified atom stereocenters. The van der Waals surface area contributed by atoms with E-state index in [2.05, 4.69) is 35.6 Å². The summed E-state index contributed by atoms with van der Waals surface area (Å²) in [5.74, 6) is 0. The zero-order valence-electron chi connectivity index (χ0n) is 11.1. The summed E-state index contributed by atoms with van der Waals surface area (Å²) >= 11 is 1.49. The fraction of sp³-hybridized carbons (Fsp3) is 0.188. The smallest absolute Gasteiger partial charge is 0.0428 e. The molecular formula is C16H19NS. The van der Waals surface area contributed by atoms with Gasteiger partial charge in [-0.1, -0.05) is 61.9 Å². The Morgan fingerprint density at radius 3 is 2.11 bits per heavy atom. The molecule has 0 radical (unpaired) electrons. The molecule has 0 bridgehead atoms. The van der Waals surface area contributed by atoms with Gasteiger partial charge in [-0.3, -0.25) is 0 Å². The molecule has 0 aliphatic heterocycles. The van der Waals surface area contributed by atoms with Crippen LogP contribution in [0.1, 0.15) is 25.0 Å². The number of rotatable bonds is 3. The van der Waals surface area contributed by atoms with Crippen LogP contribution >= 0.6 is 11.9 Å². The van der Waals surface area contributed by atoms with Crippen LogP contribution in [0.5, 0.6) is 0 Å². The molecule has 0 saturated carbocycles. The summed E-state index contributed by atoms with van der Waals surface area (Å²) in [4.78, 5) is 1.16. The number of hydrogen-bond donors (Lipinski definition) is 0. The Hall–Kier alpha value is -1.54. The standard InChI is InChI=1S/C14H13NS.C2H6/c1-12-7-9-14(10-8-12)16-15-11-13-5-3-2-4-6-13;1-2/h2-11H,1H3;1-2H3/b15-11+;. The first-order valence-electron chi connectivity index (χ1n) is 6.17. The van der Waals surface area contributed by atoms with Gasteiger partial charge in [0.15, 0.2) is 0 Å². The van der Waals surface area contributed by atoms with E-state index in [1.165, 1.54) is 17.5 Å². The highest BCUT2D eigenvalue weighted by Gasteiger charge is 1.90. The van der Waals surface area contributed by atoms with Gasteiger partial charge < -0.3 is 0 Å². The number of aryl methyl sites for hydroxylation is 1. The Morgan fingerprint density at radius 2 is 1.50 bits per heavy atom. The third-order valence-corrected chi connectivity index (χ3v) is 2.87. The SMILES string of the molecule is CC.Cc1ccc(S/N=C/c2ccccc2)cc1. The van der Waals surface area contributed by atoms with Gasteiger partial charge in [0, 0.05) is 23.1 Å². The van der Waals surface area contributed by atoms with E-state index >= 15 is 0 Å². The number of hydrogen-bond acceptors (Lipinski definition) is 2. The maximum atomic E-state index is 4.33. The van der Waals surface area contributed by atoms with Crippen molar-refractivity contribution in [3.63, 3.8) is 0 Å². The number of nitrogens with zero attached hydrogens (tertiary/aromatic N) is 1. The summed E-state index contributed by atoms with van der Waals surface area (Å²) in [7, 11) is 0. The molecule has 2 aromatic rings. The van der Waals surface area contributed by atoms with Crippen molar-refractivity contribution in [2.24, 2.45) is 4.40 Å². The van der Waals surface area contributed by atoms with E-state index in [1.807, 2.05) is 50.4 Å². The lowest BCUT2D eigenvalue weighted by molar-refractivity contribution is 1.38. The van der Waals surface area contributed by atoms with Gasteiger partial charge in [0.05, 0.1) is 0 Å². The van der Waals surface area contributed by atoms with Crippen LogP contribution in [0.2, 0.25) is 0 Å². The highest BCUT2D eigenvalue weighted by Crippen LogP contribution is 2.19. The molecule has 2 aromatic carbocycles. The molecule has 0 N–H and O–H groups in total. The molecule has 0 aliphatic carbocycles. The van der Waals surface area contributed by atoms with Gasteiger partial charge in [-0.2, -0.15) is 0 Å². The summed E-state index contributed by atoms with van der Waals surface area (Å²) in [5.41, 5.74) is 2.40. The molecule has 94 valence electrons. The van der Waals surface area contributed by atoms with Crippen LogP contribution in [0.25, 0.3) is 0 Å². The van der Waals surface area contributed by atoms with Crippen molar-refractivity contribution in [3.05, 3.63) is 65.7 Å². The Kier molecular flexibility index (Phi) is 6.89. The second kappa shape index (κ2) is 8.54. The van der Waals surface area contributed by atoms with Crippen LogP contribution in [0.15, 0.2) is 63.9 Å². The van der Waals surface area contributed by atoms with Crippen molar-refractivity contribution in [3.8, 4) is 0 Å². The van der Waals surface area contributed by atoms with E-state index in [0.29, 0.717) is 0 Å². The third-order valence-electron chi connectivity index (χ3n) is 2.18. The van der Waals surface area contributed by atoms with Gasteiger partial charge in [-0.05, 0) is 24.6 Å². The second-order valence-corrected chi connectivity index (χ2v) is 4.41. The molecule has 0 heterocycles. The highest BCUT2D eigenvalue weighted by molar-refractivity contribution is 7.98. The van der Waals surface area contributed by atoms with E-state index in [9.17, 15) is 0 Å². The van der Waals surface area contributed by atoms with Crippen molar-refractivity contribution >= 4 is 18.2 Å². The predicted molar refractivity (Wildman–Crippen MR) is 82.4 cm³/mol. The normalized spacial score (nSPS) is 9.94. The average Bonchev–Trinajstić information content (AvgIpc) is 2.44. The van der Waals surface area contributed by atoms with E-state index in [4.69, 9.17) is 0 Å². The first-order valence-corrected chi connectivity index (χ1v) is 6.94. The Morgan fingerprint density at radius 1 is 0.889 bits per heavy atom. The van der Waals surface area contributed by atoms with Crippen LogP contribution in [-0.4, -0.2) is 6.21 Å². The van der Waals surface area contributed by atoms with Gasteiger partial charge in [-0.15, -0.1) is 0 Å². The first kappa shape index (κ1) is 14.5. The first-order chi connectivity index (χ1) is 8.84. The Labute approximate surface area is 114 Å². The molecule has 0 aromatic heterocycles. The topological polar surface area (TPSA) is 12.4 Å². The third kappa shape index (κ3) is 5.19. The van der Waals surface area contributed by atoms with Crippen LogP contribution in [0, 0.1) is 6.92 Å². The molecule has 2 rings (SSSR count). The lowest BCUT2D eigenvalue weighted by atomic mass is 10.2. The largest absolute Gasteiger partial charge is 0.219 e. The van der Waals surface area contributed by atoms with Crippen LogP contribution in [-0.2, 0) is 0 Å². The van der Waals surface area contributed by atoms with Gasteiger partial charge in [0.1, 0.15) is 0 Å². The minimum Gasteiger partial charge on any atom is -0.219 e. The van der Waals surface area contributed by atoms with E-state index < -0.39 is 0 Å². The maximum Gasteiger partial charge on any atom is 0.0428 e. The summed E-state index contributed by atoms with van der Waals surface area (Å²) in [6.07, 6.45) is 1.88. The van der Waals surface area contributed by atoms with Gasteiger partial charge in [0.25, 0.3) is 0 Å². The zero-order chi connectivity index (χ0) is 13.2. The molecular weight excluding hydrogens is 238 g/mol. The summed E-state index contributed by atoms with van der Waals surface area (Å²) < 4.78 is 4.33. The van der Waals surface area contributed by atoms with Crippen molar-refractivity contribution in [1.82, 2.24) is 0 Å². The average molecular weight is 257 g/mol. The van der Waals surface area contributed by atoms with E-state index in [0.717, 1.165) is 10.5 Å². The van der Waals surface area contributed by atoms with Crippen molar-refractivity contribution in [1.29, 1.82) is 0 Å². The van der Waals surface area contributed by atoms with Crippen LogP contribution in [0.3, 0.4) is 0 Å². The minimum atomic E-state index is 1.13. The van der Waals surface area contributed by atoms with Crippen LogP contribution < -0.4 is 0 Å². The molecule has 1 nitrogen and oxygen atoms in total. The molecule has 0 atom stereocenters. The summed E-state index contributed by atoms with van der Waals surface area (Å²) in [5, 5.41) is 0.